The summed E-state index contributed by atoms with van der Waals surface area (Å²) < 4.78 is 0. The molecule has 200 valence electrons. The Labute approximate surface area is 250 Å². The van der Waals surface area contributed by atoms with Gasteiger partial charge < -0.3 is 0 Å². The van der Waals surface area contributed by atoms with Crippen LogP contribution in [-0.4, -0.2) is 0 Å². The second kappa shape index (κ2) is 8.00. The second-order valence-electron chi connectivity index (χ2n) is 12.9. The van der Waals surface area contributed by atoms with Gasteiger partial charge in [-0.05, 0) is 116 Å². The van der Waals surface area contributed by atoms with Crippen LogP contribution in [-0.2, 0) is 5.41 Å². The van der Waals surface area contributed by atoms with E-state index in [-0.39, 0.29) is 5.41 Å². The Kier molecular flexibility index (Phi) is 4.35. The van der Waals surface area contributed by atoms with Gasteiger partial charge in [-0.25, -0.2) is 0 Å². The molecule has 0 N–H and O–H groups in total. The topological polar surface area (TPSA) is 0 Å². The van der Waals surface area contributed by atoms with Crippen molar-refractivity contribution in [3.63, 3.8) is 0 Å². The van der Waals surface area contributed by atoms with Gasteiger partial charge >= 0.3 is 0 Å². The van der Waals surface area contributed by atoms with Gasteiger partial charge in [0.1, 0.15) is 0 Å². The van der Waals surface area contributed by atoms with E-state index in [1.165, 1.54) is 98.0 Å². The summed E-state index contributed by atoms with van der Waals surface area (Å²) in [6, 6.07) is 50.6. The Bertz CT molecular complexity index is 2630. The lowest BCUT2D eigenvalue weighted by Gasteiger charge is -2.22. The van der Waals surface area contributed by atoms with Crippen LogP contribution in [0.5, 0.6) is 0 Å². The third-order valence-electron chi connectivity index (χ3n) is 10.3. The van der Waals surface area contributed by atoms with Crippen LogP contribution in [0.3, 0.4) is 0 Å². The quantitative estimate of drug-likeness (QED) is 0.180. The first-order valence-electron chi connectivity index (χ1n) is 15.3. The van der Waals surface area contributed by atoms with Crippen LogP contribution in [0.15, 0.2) is 133 Å². The fourth-order valence-corrected chi connectivity index (χ4v) is 8.33. The van der Waals surface area contributed by atoms with Gasteiger partial charge in [-0.3, -0.25) is 0 Å². The Balaban J connectivity index is 1.39. The predicted octanol–water partition coefficient (Wildman–Crippen LogP) is 12.0. The van der Waals surface area contributed by atoms with E-state index in [1.54, 1.807) is 0 Å². The molecule has 0 fully saturated rings. The monoisotopic (exact) mass is 544 g/mol. The smallest absolute Gasteiger partial charge is 0.0159 e. The molecule has 9 aromatic rings. The van der Waals surface area contributed by atoms with Crippen molar-refractivity contribution in [1.29, 1.82) is 0 Å². The van der Waals surface area contributed by atoms with E-state index in [1.807, 2.05) is 0 Å². The summed E-state index contributed by atoms with van der Waals surface area (Å²) in [4.78, 5) is 0. The summed E-state index contributed by atoms with van der Waals surface area (Å²) in [7, 11) is 0. The summed E-state index contributed by atoms with van der Waals surface area (Å²) in [5, 5.41) is 15.9. The van der Waals surface area contributed by atoms with E-state index in [4.69, 9.17) is 0 Å². The van der Waals surface area contributed by atoms with Crippen molar-refractivity contribution in [2.45, 2.75) is 19.3 Å². The molecule has 0 saturated carbocycles. The maximum absolute atomic E-state index is 2.47. The lowest BCUT2D eigenvalue weighted by molar-refractivity contribution is 0.660. The highest BCUT2D eigenvalue weighted by molar-refractivity contribution is 6.37. The van der Waals surface area contributed by atoms with E-state index in [0.29, 0.717) is 0 Å². The second-order valence-corrected chi connectivity index (χ2v) is 12.9. The van der Waals surface area contributed by atoms with Crippen LogP contribution in [0.25, 0.3) is 86.9 Å². The highest BCUT2D eigenvalue weighted by Gasteiger charge is 2.35. The molecule has 10 rings (SSSR count). The van der Waals surface area contributed by atoms with Gasteiger partial charge in [0.25, 0.3) is 0 Å². The Morgan fingerprint density at radius 2 is 0.884 bits per heavy atom. The van der Waals surface area contributed by atoms with E-state index >= 15 is 0 Å². The fraction of sp³-hybridized carbons (Fsp3) is 0.0698. The minimum absolute atomic E-state index is 0.0293. The molecule has 0 bridgehead atoms. The largest absolute Gasteiger partial charge is 0.0619 e. The van der Waals surface area contributed by atoms with Gasteiger partial charge in [-0.2, -0.15) is 0 Å². The molecule has 0 amide bonds. The van der Waals surface area contributed by atoms with Crippen LogP contribution in [0, 0.1) is 0 Å². The maximum Gasteiger partial charge on any atom is 0.0159 e. The highest BCUT2D eigenvalue weighted by Crippen LogP contribution is 2.50. The van der Waals surface area contributed by atoms with Crippen molar-refractivity contribution >= 4 is 64.6 Å². The molecule has 0 radical (unpaired) electrons. The van der Waals surface area contributed by atoms with Crippen LogP contribution in [0.4, 0.5) is 0 Å². The average molecular weight is 545 g/mol. The number of benzene rings is 8. The number of hydrogen-bond acceptors (Lipinski definition) is 0. The average Bonchev–Trinajstić information content (AvgIpc) is 3.28. The lowest BCUT2D eigenvalue weighted by Crippen LogP contribution is -2.14. The van der Waals surface area contributed by atoms with Crippen molar-refractivity contribution in [1.82, 2.24) is 0 Å². The highest BCUT2D eigenvalue weighted by atomic mass is 14.4. The summed E-state index contributed by atoms with van der Waals surface area (Å²) in [5.41, 5.74) is 8.08. The third kappa shape index (κ3) is 2.96. The van der Waals surface area contributed by atoms with Gasteiger partial charge in [0.2, 0.25) is 0 Å². The molecule has 0 heterocycles. The van der Waals surface area contributed by atoms with E-state index in [9.17, 15) is 0 Å². The number of rotatable bonds is 1. The molecule has 1 aliphatic carbocycles. The van der Waals surface area contributed by atoms with E-state index < -0.39 is 0 Å². The zero-order chi connectivity index (χ0) is 28.4. The molecule has 0 unspecified atom stereocenters. The van der Waals surface area contributed by atoms with Crippen LogP contribution >= 0.6 is 0 Å². The van der Waals surface area contributed by atoms with Crippen molar-refractivity contribution < 1.29 is 0 Å². The molecule has 1 aliphatic rings. The normalized spacial score (nSPS) is 14.0. The minimum atomic E-state index is -0.0293. The van der Waals surface area contributed by atoms with Gasteiger partial charge in [0.15, 0.2) is 0 Å². The Hall–Kier alpha value is -5.20. The fourth-order valence-electron chi connectivity index (χ4n) is 8.33. The van der Waals surface area contributed by atoms with Crippen molar-refractivity contribution in [3.8, 4) is 22.3 Å². The SMILES string of the molecule is CC1(C)c2ccccc2-c2ccc(-c3cc4ccc5cccc6c7cccc8ccc9cccc(c(c3)c4c56)c9c87)cc21. The summed E-state index contributed by atoms with van der Waals surface area (Å²) in [6.07, 6.45) is 0. The number of hydrogen-bond donors (Lipinski definition) is 0. The number of fused-ring (bicyclic) bond motifs is 5. The molecule has 0 atom stereocenters. The zero-order valence-corrected chi connectivity index (χ0v) is 24.2. The van der Waals surface area contributed by atoms with E-state index in [0.717, 1.165) is 0 Å². The first-order valence-corrected chi connectivity index (χ1v) is 15.3. The summed E-state index contributed by atoms with van der Waals surface area (Å²) >= 11 is 0. The third-order valence-corrected chi connectivity index (χ3v) is 10.3. The first kappa shape index (κ1) is 23.4. The summed E-state index contributed by atoms with van der Waals surface area (Å²) in [6.45, 7) is 4.73. The summed E-state index contributed by atoms with van der Waals surface area (Å²) in [5.74, 6) is 0. The van der Waals surface area contributed by atoms with Gasteiger partial charge in [-0.15, -0.1) is 0 Å². The van der Waals surface area contributed by atoms with Crippen molar-refractivity contribution in [3.05, 3.63) is 145 Å². The Morgan fingerprint density at radius 1 is 0.349 bits per heavy atom. The van der Waals surface area contributed by atoms with Crippen molar-refractivity contribution in [2.24, 2.45) is 0 Å². The Morgan fingerprint density at radius 3 is 1.53 bits per heavy atom. The molecule has 0 aliphatic heterocycles. The van der Waals surface area contributed by atoms with Gasteiger partial charge in [0.05, 0.1) is 0 Å². The van der Waals surface area contributed by atoms with Crippen LogP contribution in [0.1, 0.15) is 25.0 Å². The predicted molar refractivity (Wildman–Crippen MR) is 186 cm³/mol. The van der Waals surface area contributed by atoms with Gasteiger partial charge in [-0.1, -0.05) is 129 Å². The molecular weight excluding hydrogens is 516 g/mol. The molecule has 0 saturated heterocycles. The molecular formula is C43H28. The van der Waals surface area contributed by atoms with Crippen molar-refractivity contribution in [2.75, 3.05) is 0 Å². The van der Waals surface area contributed by atoms with E-state index in [2.05, 4.69) is 147 Å². The minimum Gasteiger partial charge on any atom is -0.0619 e. The van der Waals surface area contributed by atoms with Crippen LogP contribution < -0.4 is 0 Å². The zero-order valence-electron chi connectivity index (χ0n) is 24.2. The first-order chi connectivity index (χ1) is 21.1. The molecule has 0 spiro atoms. The molecule has 0 heteroatoms. The molecule has 9 aromatic carbocycles. The molecule has 0 aromatic heterocycles. The lowest BCUT2D eigenvalue weighted by atomic mass is 9.81. The maximum atomic E-state index is 2.47. The van der Waals surface area contributed by atoms with Gasteiger partial charge in [0, 0.05) is 5.41 Å². The standard InChI is InChI=1S/C43H28/c1-43(2)37-15-4-3-11-31(37)32-21-20-28(24-38(32)43)30-22-29-19-18-27-9-6-13-34-33-12-5-8-25-16-17-26-10-7-14-35(41(26)39(25)33)36(23-30)42(29)40(27)34/h3-24H,1-2H3. The molecule has 43 heavy (non-hydrogen) atoms. The molecule has 0 nitrogen and oxygen atoms in total. The van der Waals surface area contributed by atoms with Crippen LogP contribution in [0.2, 0.25) is 0 Å².